The highest BCUT2D eigenvalue weighted by molar-refractivity contribution is 6.32. The fourth-order valence-electron chi connectivity index (χ4n) is 2.38. The minimum Gasteiger partial charge on any atom is -0.489 e. The average molecular weight is 393 g/mol. The van der Waals surface area contributed by atoms with Crippen molar-refractivity contribution in [3.8, 4) is 11.5 Å². The molecule has 0 bridgehead atoms. The SMILES string of the molecule is O=[N+]([O-])c1ccc(N/N=C\c2cc(Cl)c3c(c2)OCCCO3)c([N+](=O)[O-])c1. The van der Waals surface area contributed by atoms with E-state index < -0.39 is 15.5 Å². The summed E-state index contributed by atoms with van der Waals surface area (Å²) in [7, 11) is 0. The Hall–Kier alpha value is -3.40. The Labute approximate surface area is 157 Å². The fraction of sp³-hybridized carbons (Fsp3) is 0.188. The Kier molecular flexibility index (Phi) is 5.36. The van der Waals surface area contributed by atoms with Gasteiger partial charge in [-0.3, -0.25) is 25.7 Å². The fourth-order valence-corrected chi connectivity index (χ4v) is 2.65. The number of hydrogen-bond acceptors (Lipinski definition) is 8. The van der Waals surface area contributed by atoms with E-state index in [-0.39, 0.29) is 11.4 Å². The molecule has 1 N–H and O–H groups in total. The number of ether oxygens (including phenoxy) is 2. The van der Waals surface area contributed by atoms with Gasteiger partial charge in [-0.1, -0.05) is 11.6 Å². The van der Waals surface area contributed by atoms with Crippen LogP contribution in [0.25, 0.3) is 0 Å². The monoisotopic (exact) mass is 392 g/mol. The van der Waals surface area contributed by atoms with Crippen LogP contribution in [0.1, 0.15) is 12.0 Å². The second-order valence-electron chi connectivity index (χ2n) is 5.47. The predicted octanol–water partition coefficient (Wildman–Crippen LogP) is 3.76. The van der Waals surface area contributed by atoms with Gasteiger partial charge in [-0.05, 0) is 23.8 Å². The minimum absolute atomic E-state index is 0.0160. The van der Waals surface area contributed by atoms with E-state index in [1.807, 2.05) is 0 Å². The molecule has 0 spiro atoms. The maximum atomic E-state index is 11.1. The van der Waals surface area contributed by atoms with Crippen LogP contribution in [0.15, 0.2) is 35.4 Å². The summed E-state index contributed by atoms with van der Waals surface area (Å²) in [6.07, 6.45) is 2.13. The molecule has 0 unspecified atom stereocenters. The highest BCUT2D eigenvalue weighted by Gasteiger charge is 2.19. The Morgan fingerprint density at radius 3 is 2.63 bits per heavy atom. The molecular formula is C16H13ClN4O6. The van der Waals surface area contributed by atoms with Crippen molar-refractivity contribution in [2.45, 2.75) is 6.42 Å². The molecule has 11 heteroatoms. The molecule has 0 aromatic heterocycles. The van der Waals surface area contributed by atoms with E-state index in [4.69, 9.17) is 21.1 Å². The van der Waals surface area contributed by atoms with Crippen molar-refractivity contribution in [3.05, 3.63) is 61.1 Å². The molecule has 27 heavy (non-hydrogen) atoms. The first-order valence-corrected chi connectivity index (χ1v) is 8.14. The number of halogens is 1. The number of benzene rings is 2. The zero-order chi connectivity index (χ0) is 19.4. The quantitative estimate of drug-likeness (QED) is 0.465. The number of nitro groups is 2. The second-order valence-corrected chi connectivity index (χ2v) is 5.87. The van der Waals surface area contributed by atoms with E-state index >= 15 is 0 Å². The molecule has 0 radical (unpaired) electrons. The number of rotatable bonds is 5. The first-order chi connectivity index (χ1) is 13.0. The lowest BCUT2D eigenvalue weighted by Gasteiger charge is -2.09. The summed E-state index contributed by atoms with van der Waals surface area (Å²) in [6, 6.07) is 6.53. The van der Waals surface area contributed by atoms with E-state index in [2.05, 4.69) is 10.5 Å². The third kappa shape index (κ3) is 4.23. The summed E-state index contributed by atoms with van der Waals surface area (Å²) in [6.45, 7) is 1.00. The third-order valence-corrected chi connectivity index (χ3v) is 3.89. The van der Waals surface area contributed by atoms with Gasteiger partial charge in [-0.2, -0.15) is 5.10 Å². The summed E-state index contributed by atoms with van der Waals surface area (Å²) in [5, 5.41) is 26.2. The van der Waals surface area contributed by atoms with Gasteiger partial charge in [0.25, 0.3) is 5.69 Å². The van der Waals surface area contributed by atoms with E-state index in [0.29, 0.717) is 35.3 Å². The van der Waals surface area contributed by atoms with Crippen LogP contribution in [0, 0.1) is 20.2 Å². The maximum Gasteiger partial charge on any atom is 0.301 e. The van der Waals surface area contributed by atoms with Crippen LogP contribution in [-0.2, 0) is 0 Å². The molecule has 1 aliphatic rings. The van der Waals surface area contributed by atoms with Gasteiger partial charge in [0.15, 0.2) is 11.5 Å². The van der Waals surface area contributed by atoms with Gasteiger partial charge in [0.05, 0.1) is 40.4 Å². The lowest BCUT2D eigenvalue weighted by Crippen LogP contribution is -1.99. The first-order valence-electron chi connectivity index (χ1n) is 7.77. The predicted molar refractivity (Wildman–Crippen MR) is 98.0 cm³/mol. The van der Waals surface area contributed by atoms with Crippen molar-refractivity contribution in [1.29, 1.82) is 0 Å². The summed E-state index contributed by atoms with van der Waals surface area (Å²) < 4.78 is 11.1. The molecule has 0 fully saturated rings. The second kappa shape index (κ2) is 7.87. The van der Waals surface area contributed by atoms with E-state index in [9.17, 15) is 20.2 Å². The number of nitrogens with one attached hydrogen (secondary N) is 1. The van der Waals surface area contributed by atoms with Gasteiger partial charge < -0.3 is 9.47 Å². The normalized spacial score (nSPS) is 13.2. The van der Waals surface area contributed by atoms with Crippen LogP contribution >= 0.6 is 11.6 Å². The molecular weight excluding hydrogens is 380 g/mol. The molecule has 0 amide bonds. The zero-order valence-electron chi connectivity index (χ0n) is 13.8. The number of anilines is 1. The van der Waals surface area contributed by atoms with Crippen molar-refractivity contribution in [2.75, 3.05) is 18.6 Å². The van der Waals surface area contributed by atoms with E-state index in [1.165, 1.54) is 12.3 Å². The van der Waals surface area contributed by atoms with Crippen LogP contribution in [0.5, 0.6) is 11.5 Å². The van der Waals surface area contributed by atoms with Gasteiger partial charge in [-0.25, -0.2) is 0 Å². The van der Waals surface area contributed by atoms with E-state index in [1.54, 1.807) is 12.1 Å². The highest BCUT2D eigenvalue weighted by Crippen LogP contribution is 2.37. The third-order valence-electron chi connectivity index (χ3n) is 3.61. The van der Waals surface area contributed by atoms with Crippen LogP contribution in [0.4, 0.5) is 17.1 Å². The van der Waals surface area contributed by atoms with Gasteiger partial charge in [0.1, 0.15) is 5.69 Å². The number of fused-ring (bicyclic) bond motifs is 1. The summed E-state index contributed by atoms with van der Waals surface area (Å²) in [4.78, 5) is 20.4. The standard InChI is InChI=1S/C16H13ClN4O6/c17-12-6-10(7-15-16(12)27-5-1-4-26-15)9-18-19-13-3-2-11(20(22)23)8-14(13)21(24)25/h2-3,6-9,19H,1,4-5H2/b18-9-. The van der Waals surface area contributed by atoms with Crippen LogP contribution in [0.2, 0.25) is 5.02 Å². The molecule has 10 nitrogen and oxygen atoms in total. The Morgan fingerprint density at radius 2 is 1.89 bits per heavy atom. The molecule has 0 atom stereocenters. The largest absolute Gasteiger partial charge is 0.489 e. The Bertz CT molecular complexity index is 933. The van der Waals surface area contributed by atoms with Crippen LogP contribution < -0.4 is 14.9 Å². The molecule has 3 rings (SSSR count). The van der Waals surface area contributed by atoms with Crippen molar-refractivity contribution >= 4 is 34.9 Å². The van der Waals surface area contributed by atoms with Crippen molar-refractivity contribution in [3.63, 3.8) is 0 Å². The topological polar surface area (TPSA) is 129 Å². The van der Waals surface area contributed by atoms with Crippen LogP contribution in [0.3, 0.4) is 0 Å². The van der Waals surface area contributed by atoms with Crippen LogP contribution in [-0.4, -0.2) is 29.3 Å². The number of hydrogen-bond donors (Lipinski definition) is 1. The zero-order valence-corrected chi connectivity index (χ0v) is 14.5. The summed E-state index contributed by atoms with van der Waals surface area (Å²) in [5.41, 5.74) is 2.27. The van der Waals surface area contributed by atoms with E-state index in [0.717, 1.165) is 18.6 Å². The van der Waals surface area contributed by atoms with Gasteiger partial charge in [0, 0.05) is 12.5 Å². The maximum absolute atomic E-state index is 11.1. The first kappa shape index (κ1) is 18.4. The molecule has 2 aromatic carbocycles. The Morgan fingerprint density at radius 1 is 1.11 bits per heavy atom. The van der Waals surface area contributed by atoms with Gasteiger partial charge in [-0.15, -0.1) is 0 Å². The van der Waals surface area contributed by atoms with Gasteiger partial charge >= 0.3 is 5.69 Å². The van der Waals surface area contributed by atoms with Gasteiger partial charge in [0.2, 0.25) is 0 Å². The van der Waals surface area contributed by atoms with Crippen molar-refractivity contribution in [1.82, 2.24) is 0 Å². The summed E-state index contributed by atoms with van der Waals surface area (Å²) in [5.74, 6) is 0.952. The van der Waals surface area contributed by atoms with Crippen molar-refractivity contribution < 1.29 is 19.3 Å². The minimum atomic E-state index is -0.727. The molecule has 0 saturated carbocycles. The number of nitrogens with zero attached hydrogens (tertiary/aromatic N) is 3. The smallest absolute Gasteiger partial charge is 0.301 e. The number of hydrazone groups is 1. The Balaban J connectivity index is 1.82. The number of non-ortho nitro benzene ring substituents is 1. The summed E-state index contributed by atoms with van der Waals surface area (Å²) >= 11 is 6.19. The molecule has 0 saturated heterocycles. The molecule has 140 valence electrons. The molecule has 1 heterocycles. The molecule has 0 aliphatic carbocycles. The lowest BCUT2D eigenvalue weighted by molar-refractivity contribution is -0.393. The van der Waals surface area contributed by atoms with Crippen molar-refractivity contribution in [2.24, 2.45) is 5.10 Å². The number of nitro benzene ring substituents is 2. The molecule has 2 aromatic rings. The molecule has 1 aliphatic heterocycles. The average Bonchev–Trinajstić information content (AvgIpc) is 2.87. The highest BCUT2D eigenvalue weighted by atomic mass is 35.5. The lowest BCUT2D eigenvalue weighted by atomic mass is 10.2.